The highest BCUT2D eigenvalue weighted by Crippen LogP contribution is 2.31. The first-order chi connectivity index (χ1) is 13.6. The topological polar surface area (TPSA) is 120 Å². The van der Waals surface area contributed by atoms with Crippen molar-refractivity contribution >= 4 is 15.9 Å². The Morgan fingerprint density at radius 2 is 1.97 bits per heavy atom. The minimum Gasteiger partial charge on any atom is -0.508 e. The van der Waals surface area contributed by atoms with Crippen molar-refractivity contribution in [1.82, 2.24) is 14.8 Å². The Bertz CT molecular complexity index is 927. The van der Waals surface area contributed by atoms with Crippen LogP contribution in [0.2, 0.25) is 0 Å². The number of phenols is 1. The van der Waals surface area contributed by atoms with E-state index in [-0.39, 0.29) is 17.2 Å². The van der Waals surface area contributed by atoms with Crippen LogP contribution in [-0.4, -0.2) is 46.5 Å². The summed E-state index contributed by atoms with van der Waals surface area (Å²) < 4.78 is 27.8. The molecule has 0 saturated carbocycles. The van der Waals surface area contributed by atoms with E-state index in [0.29, 0.717) is 12.8 Å². The van der Waals surface area contributed by atoms with Crippen LogP contribution >= 0.6 is 0 Å². The molecule has 0 saturated heterocycles. The molecule has 158 valence electrons. The molecule has 1 aromatic heterocycles. The maximum atomic E-state index is 13.4. The molecule has 0 aliphatic carbocycles. The maximum absolute atomic E-state index is 13.4. The fourth-order valence-corrected chi connectivity index (χ4v) is 5.02. The van der Waals surface area contributed by atoms with Crippen molar-refractivity contribution in [3.8, 4) is 5.75 Å². The Balaban J connectivity index is 2.42. The number of pyridine rings is 1. The second-order valence-electron chi connectivity index (χ2n) is 7.82. The van der Waals surface area contributed by atoms with Crippen molar-refractivity contribution < 1.29 is 23.5 Å². The fourth-order valence-electron chi connectivity index (χ4n) is 3.17. The summed E-state index contributed by atoms with van der Waals surface area (Å²) in [5.41, 5.74) is 1.74. The highest BCUT2D eigenvalue weighted by molar-refractivity contribution is 7.89. The lowest BCUT2D eigenvalue weighted by molar-refractivity contribution is -0.136. The first kappa shape index (κ1) is 22.8. The van der Waals surface area contributed by atoms with Crippen LogP contribution in [0.15, 0.2) is 53.7 Å². The fraction of sp³-hybridized carbons (Fsp3) is 0.400. The van der Waals surface area contributed by atoms with Gasteiger partial charge in [0, 0.05) is 18.9 Å². The molecule has 0 fully saturated rings. The number of nitrogens with zero attached hydrogens (tertiary/aromatic N) is 2. The molecule has 0 bridgehead atoms. The first-order valence-corrected chi connectivity index (χ1v) is 10.6. The van der Waals surface area contributed by atoms with Crippen molar-refractivity contribution in [2.75, 3.05) is 6.54 Å². The van der Waals surface area contributed by atoms with E-state index >= 15 is 0 Å². The van der Waals surface area contributed by atoms with Gasteiger partial charge >= 0.3 is 0 Å². The number of nitrogens with one attached hydrogen (secondary N) is 1. The van der Waals surface area contributed by atoms with Crippen molar-refractivity contribution in [3.05, 3.63) is 54.4 Å². The number of hydrogen-bond acceptors (Lipinski definition) is 6. The third-order valence-electron chi connectivity index (χ3n) is 4.46. The Morgan fingerprint density at radius 3 is 2.52 bits per heavy atom. The summed E-state index contributed by atoms with van der Waals surface area (Å²) in [6, 6.07) is 7.83. The monoisotopic (exact) mass is 421 g/mol. The zero-order chi connectivity index (χ0) is 21.7. The number of aromatic hydroxyl groups is 1. The lowest BCUT2D eigenvalue weighted by Crippen LogP contribution is -2.55. The molecule has 0 aliphatic heterocycles. The molecule has 2 aromatic rings. The summed E-state index contributed by atoms with van der Waals surface area (Å²) in [6.07, 6.45) is 4.37. The van der Waals surface area contributed by atoms with Crippen LogP contribution in [-0.2, 0) is 21.2 Å². The summed E-state index contributed by atoms with van der Waals surface area (Å²) in [5.74, 6) is -1.01. The minimum atomic E-state index is -4.13. The Kier molecular flexibility index (Phi) is 7.34. The van der Waals surface area contributed by atoms with Crippen LogP contribution in [0.3, 0.4) is 0 Å². The van der Waals surface area contributed by atoms with Crippen LogP contribution in [0, 0.1) is 5.41 Å². The van der Waals surface area contributed by atoms with E-state index in [9.17, 15) is 23.5 Å². The highest BCUT2D eigenvalue weighted by Gasteiger charge is 2.42. The van der Waals surface area contributed by atoms with E-state index < -0.39 is 27.4 Å². The molecule has 9 heteroatoms. The summed E-state index contributed by atoms with van der Waals surface area (Å²) in [4.78, 5) is 16.4. The Hall–Kier alpha value is -2.49. The van der Waals surface area contributed by atoms with Gasteiger partial charge in [-0.05, 0) is 48.1 Å². The molecule has 0 aliphatic rings. The number of aryl methyl sites for hydroxylation is 1. The second kappa shape index (κ2) is 9.34. The van der Waals surface area contributed by atoms with E-state index in [4.69, 9.17) is 0 Å². The molecule has 0 unspecified atom stereocenters. The molecule has 1 aromatic carbocycles. The van der Waals surface area contributed by atoms with Crippen LogP contribution in [0.5, 0.6) is 5.75 Å². The molecule has 29 heavy (non-hydrogen) atoms. The van der Waals surface area contributed by atoms with E-state index in [2.05, 4.69) is 4.98 Å². The average molecular weight is 422 g/mol. The Labute approximate surface area is 171 Å². The second-order valence-corrected chi connectivity index (χ2v) is 9.71. The van der Waals surface area contributed by atoms with E-state index in [1.165, 1.54) is 18.2 Å². The predicted octanol–water partition coefficient (Wildman–Crippen LogP) is 2.33. The summed E-state index contributed by atoms with van der Waals surface area (Å²) >= 11 is 0. The minimum absolute atomic E-state index is 0.0439. The number of rotatable bonds is 8. The third kappa shape index (κ3) is 5.75. The van der Waals surface area contributed by atoms with Gasteiger partial charge in [0.15, 0.2) is 0 Å². The molecular weight excluding hydrogens is 394 g/mol. The number of hydrogen-bond donors (Lipinski definition) is 3. The molecule has 3 N–H and O–H groups in total. The molecule has 0 radical (unpaired) electrons. The van der Waals surface area contributed by atoms with Crippen molar-refractivity contribution in [1.29, 1.82) is 0 Å². The molecule has 8 nitrogen and oxygen atoms in total. The van der Waals surface area contributed by atoms with E-state index in [1.54, 1.807) is 44.7 Å². The largest absolute Gasteiger partial charge is 0.508 e. The van der Waals surface area contributed by atoms with Gasteiger partial charge in [0.05, 0.1) is 4.90 Å². The van der Waals surface area contributed by atoms with Gasteiger partial charge in [-0.3, -0.25) is 15.0 Å². The molecule has 1 heterocycles. The number of carbonyl (C=O) groups is 1. The summed E-state index contributed by atoms with van der Waals surface area (Å²) in [5, 5.41) is 19.0. The quantitative estimate of drug-likeness (QED) is 0.444. The SMILES string of the molecule is CC(C)(C)[C@H](C(=O)NO)N(CCCc1cccnc1)S(=O)(=O)c1cccc(O)c1. The maximum Gasteiger partial charge on any atom is 0.262 e. The normalized spacial score (nSPS) is 13.3. The van der Waals surface area contributed by atoms with Gasteiger partial charge in [-0.25, -0.2) is 13.9 Å². The van der Waals surface area contributed by atoms with Gasteiger partial charge < -0.3 is 5.11 Å². The number of aromatic nitrogens is 1. The van der Waals surface area contributed by atoms with Crippen molar-refractivity contribution in [2.45, 2.75) is 44.6 Å². The number of hydroxylamine groups is 1. The number of phenolic OH excluding ortho intramolecular Hbond substituents is 1. The zero-order valence-electron chi connectivity index (χ0n) is 16.7. The summed E-state index contributed by atoms with van der Waals surface area (Å²) in [6.45, 7) is 5.21. The van der Waals surface area contributed by atoms with Crippen molar-refractivity contribution in [3.63, 3.8) is 0 Å². The van der Waals surface area contributed by atoms with Crippen LogP contribution in [0.4, 0.5) is 0 Å². The highest BCUT2D eigenvalue weighted by atomic mass is 32.2. The molecule has 1 atom stereocenters. The van der Waals surface area contributed by atoms with Gasteiger partial charge in [-0.2, -0.15) is 4.31 Å². The Morgan fingerprint density at radius 1 is 1.24 bits per heavy atom. The smallest absolute Gasteiger partial charge is 0.262 e. The number of sulfonamides is 1. The van der Waals surface area contributed by atoms with Crippen LogP contribution in [0.1, 0.15) is 32.8 Å². The van der Waals surface area contributed by atoms with E-state index in [1.807, 2.05) is 6.07 Å². The molecule has 1 amide bonds. The van der Waals surface area contributed by atoms with Gasteiger partial charge in [0.2, 0.25) is 10.0 Å². The predicted molar refractivity (Wildman–Crippen MR) is 108 cm³/mol. The lowest BCUT2D eigenvalue weighted by Gasteiger charge is -2.37. The van der Waals surface area contributed by atoms with Crippen LogP contribution in [0.25, 0.3) is 0 Å². The van der Waals surface area contributed by atoms with Crippen LogP contribution < -0.4 is 5.48 Å². The van der Waals surface area contributed by atoms with Gasteiger partial charge in [0.1, 0.15) is 11.8 Å². The summed E-state index contributed by atoms with van der Waals surface area (Å²) in [7, 11) is -4.13. The molecule has 0 spiro atoms. The third-order valence-corrected chi connectivity index (χ3v) is 6.32. The van der Waals surface area contributed by atoms with Gasteiger partial charge in [0.25, 0.3) is 5.91 Å². The van der Waals surface area contributed by atoms with Gasteiger partial charge in [-0.1, -0.05) is 32.9 Å². The molecular formula is C20H27N3O5S. The standard InChI is InChI=1S/C20H27N3O5S/c1-20(2,3)18(19(25)22-26)23(12-6-8-15-7-5-11-21-14-15)29(27,28)17-10-4-9-16(24)13-17/h4-5,7,9-11,13-14,18,24,26H,6,8,12H2,1-3H3,(H,22,25)/t18-/m0/s1. The lowest BCUT2D eigenvalue weighted by atomic mass is 9.86. The zero-order valence-corrected chi connectivity index (χ0v) is 17.6. The van der Waals surface area contributed by atoms with Crippen molar-refractivity contribution in [2.24, 2.45) is 5.41 Å². The van der Waals surface area contributed by atoms with E-state index in [0.717, 1.165) is 15.9 Å². The number of benzene rings is 1. The van der Waals surface area contributed by atoms with Gasteiger partial charge in [-0.15, -0.1) is 0 Å². The molecule has 2 rings (SSSR count). The number of amides is 1. The number of carbonyl (C=O) groups excluding carboxylic acids is 1. The first-order valence-electron chi connectivity index (χ1n) is 9.21. The average Bonchev–Trinajstić information content (AvgIpc) is 2.66.